The van der Waals surface area contributed by atoms with Crippen molar-refractivity contribution in [2.45, 2.75) is 33.9 Å². The summed E-state index contributed by atoms with van der Waals surface area (Å²) in [7, 11) is 1.64. The molecule has 0 saturated heterocycles. The molecule has 0 fully saturated rings. The van der Waals surface area contributed by atoms with Gasteiger partial charge in [0.05, 0.1) is 30.7 Å². The van der Waals surface area contributed by atoms with Crippen molar-refractivity contribution >= 4 is 17.7 Å². The van der Waals surface area contributed by atoms with Crippen LogP contribution in [0.4, 0.5) is 5.69 Å². The lowest BCUT2D eigenvalue weighted by atomic mass is 10.1. The molecule has 0 unspecified atom stereocenters. The normalized spacial score (nSPS) is 11.0. The van der Waals surface area contributed by atoms with E-state index in [1.165, 1.54) is 6.08 Å². The van der Waals surface area contributed by atoms with Crippen LogP contribution >= 0.6 is 0 Å². The number of aromatic nitrogens is 2. The van der Waals surface area contributed by atoms with Crippen LogP contribution in [-0.4, -0.2) is 22.8 Å². The third-order valence-corrected chi connectivity index (χ3v) is 5.92. The lowest BCUT2D eigenvalue weighted by Crippen LogP contribution is -2.10. The molecule has 0 spiro atoms. The molecule has 0 aliphatic heterocycles. The number of nitrogens with zero attached hydrogens (tertiary/aromatic N) is 2. The molecule has 0 radical (unpaired) electrons. The number of aryl methyl sites for hydroxylation is 2. The Labute approximate surface area is 212 Å². The zero-order valence-corrected chi connectivity index (χ0v) is 21.1. The van der Waals surface area contributed by atoms with E-state index in [-0.39, 0.29) is 5.91 Å². The topological polar surface area (TPSA) is 65.4 Å². The van der Waals surface area contributed by atoms with Crippen molar-refractivity contribution in [1.82, 2.24) is 9.78 Å². The first-order valence-electron chi connectivity index (χ1n) is 11.9. The molecule has 6 nitrogen and oxygen atoms in total. The highest BCUT2D eigenvalue weighted by molar-refractivity contribution is 6.02. The summed E-state index contributed by atoms with van der Waals surface area (Å²) in [6.07, 6.45) is 3.31. The molecule has 0 atom stereocenters. The standard InChI is InChI=1S/C30H31N3O3/c1-21-9-8-12-27(17-21)36-20-26-18-24(13-15-28(26)35-4)14-16-29(34)31-30-22(2)32-33(23(30)3)19-25-10-6-5-7-11-25/h5-18H,19-20H2,1-4H3,(H,31,34)/b16-14+. The van der Waals surface area contributed by atoms with Crippen molar-refractivity contribution in [2.24, 2.45) is 0 Å². The Hall–Kier alpha value is -4.32. The monoisotopic (exact) mass is 481 g/mol. The van der Waals surface area contributed by atoms with Crippen molar-refractivity contribution in [2.75, 3.05) is 12.4 Å². The number of hydrogen-bond acceptors (Lipinski definition) is 4. The summed E-state index contributed by atoms with van der Waals surface area (Å²) in [6, 6.07) is 23.8. The Kier molecular flexibility index (Phi) is 7.85. The fraction of sp³-hybridized carbons (Fsp3) is 0.200. The van der Waals surface area contributed by atoms with Gasteiger partial charge in [0, 0.05) is 11.6 Å². The van der Waals surface area contributed by atoms with E-state index in [1.54, 1.807) is 13.2 Å². The van der Waals surface area contributed by atoms with Gasteiger partial charge in [-0.1, -0.05) is 48.5 Å². The number of benzene rings is 3. The summed E-state index contributed by atoms with van der Waals surface area (Å²) < 4.78 is 13.4. The molecule has 0 aliphatic carbocycles. The van der Waals surface area contributed by atoms with Crippen LogP contribution in [0.1, 0.15) is 33.6 Å². The van der Waals surface area contributed by atoms with Gasteiger partial charge >= 0.3 is 0 Å². The number of ether oxygens (including phenoxy) is 2. The number of rotatable bonds is 9. The summed E-state index contributed by atoms with van der Waals surface area (Å²) in [6.45, 7) is 6.91. The lowest BCUT2D eigenvalue weighted by Gasteiger charge is -2.11. The molecule has 4 aromatic rings. The van der Waals surface area contributed by atoms with Gasteiger partial charge in [0.2, 0.25) is 5.91 Å². The van der Waals surface area contributed by atoms with Crippen LogP contribution in [0.5, 0.6) is 11.5 Å². The SMILES string of the molecule is COc1ccc(/C=C/C(=O)Nc2c(C)nn(Cc3ccccc3)c2C)cc1COc1cccc(C)c1. The molecule has 36 heavy (non-hydrogen) atoms. The van der Waals surface area contributed by atoms with E-state index in [0.29, 0.717) is 13.2 Å². The largest absolute Gasteiger partial charge is 0.496 e. The lowest BCUT2D eigenvalue weighted by molar-refractivity contribution is -0.111. The van der Waals surface area contributed by atoms with E-state index in [1.807, 2.05) is 86.1 Å². The first-order chi connectivity index (χ1) is 17.4. The number of anilines is 1. The molecule has 1 amide bonds. The molecule has 0 aliphatic rings. The first kappa shape index (κ1) is 24.8. The number of carbonyl (C=O) groups is 1. The van der Waals surface area contributed by atoms with Gasteiger partial charge in [-0.25, -0.2) is 0 Å². The fourth-order valence-electron chi connectivity index (χ4n) is 4.01. The summed E-state index contributed by atoms with van der Waals surface area (Å²) >= 11 is 0. The number of hydrogen-bond donors (Lipinski definition) is 1. The molecule has 6 heteroatoms. The van der Waals surface area contributed by atoms with Gasteiger partial charge in [-0.05, 0) is 67.8 Å². The van der Waals surface area contributed by atoms with E-state index >= 15 is 0 Å². The van der Waals surface area contributed by atoms with Gasteiger partial charge in [0.15, 0.2) is 0 Å². The molecular weight excluding hydrogens is 450 g/mol. The van der Waals surface area contributed by atoms with Crippen LogP contribution in [0.2, 0.25) is 0 Å². The summed E-state index contributed by atoms with van der Waals surface area (Å²) in [5, 5.41) is 7.59. The molecule has 1 heterocycles. The van der Waals surface area contributed by atoms with E-state index in [2.05, 4.69) is 22.5 Å². The van der Waals surface area contributed by atoms with Gasteiger partial charge in [-0.15, -0.1) is 0 Å². The Morgan fingerprint density at radius 2 is 1.81 bits per heavy atom. The van der Waals surface area contributed by atoms with Crippen molar-refractivity contribution in [3.05, 3.63) is 113 Å². The smallest absolute Gasteiger partial charge is 0.248 e. The minimum atomic E-state index is -0.214. The fourth-order valence-corrected chi connectivity index (χ4v) is 4.01. The van der Waals surface area contributed by atoms with Crippen molar-refractivity contribution < 1.29 is 14.3 Å². The van der Waals surface area contributed by atoms with Crippen molar-refractivity contribution in [3.63, 3.8) is 0 Å². The quantitative estimate of drug-likeness (QED) is 0.294. The summed E-state index contributed by atoms with van der Waals surface area (Å²) in [5.41, 5.74) is 6.50. The minimum absolute atomic E-state index is 0.214. The highest BCUT2D eigenvalue weighted by Crippen LogP contribution is 2.24. The van der Waals surface area contributed by atoms with Crippen LogP contribution in [-0.2, 0) is 17.9 Å². The maximum absolute atomic E-state index is 12.7. The average molecular weight is 482 g/mol. The third kappa shape index (κ3) is 6.21. The van der Waals surface area contributed by atoms with E-state index in [0.717, 1.165) is 50.8 Å². The zero-order valence-electron chi connectivity index (χ0n) is 21.1. The van der Waals surface area contributed by atoms with Gasteiger partial charge in [0.25, 0.3) is 0 Å². The summed E-state index contributed by atoms with van der Waals surface area (Å²) in [4.78, 5) is 12.7. The second kappa shape index (κ2) is 11.4. The van der Waals surface area contributed by atoms with Gasteiger partial charge < -0.3 is 14.8 Å². The Morgan fingerprint density at radius 1 is 1.00 bits per heavy atom. The minimum Gasteiger partial charge on any atom is -0.496 e. The van der Waals surface area contributed by atoms with Gasteiger partial charge in [0.1, 0.15) is 18.1 Å². The van der Waals surface area contributed by atoms with Crippen LogP contribution < -0.4 is 14.8 Å². The predicted molar refractivity (Wildman–Crippen MR) is 143 cm³/mol. The number of nitrogens with one attached hydrogen (secondary N) is 1. The van der Waals surface area contributed by atoms with E-state index in [4.69, 9.17) is 9.47 Å². The second-order valence-electron chi connectivity index (χ2n) is 8.69. The average Bonchev–Trinajstić information content (AvgIpc) is 3.14. The molecule has 1 aromatic heterocycles. The van der Waals surface area contributed by atoms with Gasteiger partial charge in [-0.2, -0.15) is 5.10 Å². The number of methoxy groups -OCH3 is 1. The van der Waals surface area contributed by atoms with Crippen LogP contribution in [0, 0.1) is 20.8 Å². The number of amides is 1. The highest BCUT2D eigenvalue weighted by Gasteiger charge is 2.13. The van der Waals surface area contributed by atoms with Crippen LogP contribution in [0.3, 0.4) is 0 Å². The van der Waals surface area contributed by atoms with Crippen LogP contribution in [0.15, 0.2) is 78.9 Å². The molecule has 4 rings (SSSR count). The molecule has 184 valence electrons. The first-order valence-corrected chi connectivity index (χ1v) is 11.9. The highest BCUT2D eigenvalue weighted by atomic mass is 16.5. The zero-order chi connectivity index (χ0) is 25.5. The van der Waals surface area contributed by atoms with E-state index < -0.39 is 0 Å². The van der Waals surface area contributed by atoms with E-state index in [9.17, 15) is 4.79 Å². The Morgan fingerprint density at radius 3 is 2.56 bits per heavy atom. The van der Waals surface area contributed by atoms with Crippen molar-refractivity contribution in [3.8, 4) is 11.5 Å². The molecule has 0 bridgehead atoms. The predicted octanol–water partition coefficient (Wildman–Crippen LogP) is 6.10. The number of carbonyl (C=O) groups excluding carboxylic acids is 1. The van der Waals surface area contributed by atoms with Crippen LogP contribution in [0.25, 0.3) is 6.08 Å². The summed E-state index contributed by atoms with van der Waals surface area (Å²) in [5.74, 6) is 1.33. The molecule has 1 N–H and O–H groups in total. The Balaban J connectivity index is 1.43. The molecule has 3 aromatic carbocycles. The van der Waals surface area contributed by atoms with Gasteiger partial charge in [-0.3, -0.25) is 9.48 Å². The molecular formula is C30H31N3O3. The maximum Gasteiger partial charge on any atom is 0.248 e. The Bertz CT molecular complexity index is 1370. The van der Waals surface area contributed by atoms with Crippen molar-refractivity contribution in [1.29, 1.82) is 0 Å². The second-order valence-corrected chi connectivity index (χ2v) is 8.69. The molecule has 0 saturated carbocycles. The maximum atomic E-state index is 12.7. The third-order valence-electron chi connectivity index (χ3n) is 5.92.